The van der Waals surface area contributed by atoms with Crippen LogP contribution >= 0.6 is 0 Å². The van der Waals surface area contributed by atoms with Crippen molar-refractivity contribution in [2.45, 2.75) is 0 Å². The van der Waals surface area contributed by atoms with Gasteiger partial charge in [0.05, 0.1) is 28.3 Å². The highest BCUT2D eigenvalue weighted by molar-refractivity contribution is 6.06. The Balaban J connectivity index is 0.000000265. The third-order valence-corrected chi connectivity index (χ3v) is 7.98. The minimum Gasteiger partial charge on any atom is -0.355 e. The molecule has 0 saturated heterocycles. The number of nitrogens with one attached hydrogen (secondary N) is 2. The highest BCUT2D eigenvalue weighted by atomic mass is 14.8. The van der Waals surface area contributed by atoms with Gasteiger partial charge in [-0.15, -0.1) is 0 Å². The van der Waals surface area contributed by atoms with Crippen LogP contribution in [0.15, 0.2) is 152 Å². The third-order valence-electron chi connectivity index (χ3n) is 7.98. The summed E-state index contributed by atoms with van der Waals surface area (Å²) in [5.41, 5.74) is 13.2. The number of para-hydroxylation sites is 1. The first-order valence-corrected chi connectivity index (χ1v) is 15.3. The molecule has 0 unspecified atom stereocenters. The van der Waals surface area contributed by atoms with Gasteiger partial charge in [-0.25, -0.2) is 9.97 Å². The highest BCUT2D eigenvalue weighted by Gasteiger charge is 2.23. The van der Waals surface area contributed by atoms with Gasteiger partial charge in [0.15, 0.2) is 0 Å². The Morgan fingerprint density at radius 2 is 0.935 bits per heavy atom. The van der Waals surface area contributed by atoms with Crippen LogP contribution in [0.5, 0.6) is 0 Å². The van der Waals surface area contributed by atoms with E-state index in [-0.39, 0.29) is 0 Å². The average Bonchev–Trinajstić information content (AvgIpc) is 3.91. The summed E-state index contributed by atoms with van der Waals surface area (Å²) in [4.78, 5) is 21.2. The highest BCUT2D eigenvalue weighted by Crippen LogP contribution is 2.39. The first-order valence-electron chi connectivity index (χ1n) is 15.3. The van der Waals surface area contributed by atoms with Crippen LogP contribution in [0.1, 0.15) is 33.9 Å². The molecule has 0 spiro atoms. The lowest BCUT2D eigenvalue weighted by Gasteiger charge is -2.09. The predicted octanol–water partition coefficient (Wildman–Crippen LogP) is 9.73. The summed E-state index contributed by atoms with van der Waals surface area (Å²) in [7, 11) is 0. The fraction of sp³-hybridized carbons (Fsp3) is 0. The second-order valence-electron chi connectivity index (χ2n) is 11.2. The second-order valence-corrected chi connectivity index (χ2v) is 11.2. The number of nitrogens with zero attached hydrogens (tertiary/aromatic N) is 3. The van der Waals surface area contributed by atoms with E-state index >= 15 is 0 Å². The molecule has 0 saturated carbocycles. The lowest BCUT2D eigenvalue weighted by molar-refractivity contribution is 1.26. The minimum absolute atomic E-state index is 0.884. The van der Waals surface area contributed by atoms with Crippen molar-refractivity contribution in [1.82, 2.24) is 24.9 Å². The number of rotatable bonds is 2. The van der Waals surface area contributed by atoms with Gasteiger partial charge in [0.1, 0.15) is 0 Å². The molecule has 0 atom stereocenters. The van der Waals surface area contributed by atoms with Crippen molar-refractivity contribution in [3.8, 4) is 0 Å². The molecular formula is C41H29N5. The van der Waals surface area contributed by atoms with Crippen LogP contribution in [0.25, 0.3) is 56.3 Å². The maximum absolute atomic E-state index is 5.17. The molecule has 9 rings (SSSR count). The molecule has 3 aromatic carbocycles. The molecular weight excluding hydrogens is 562 g/mol. The molecule has 0 radical (unpaired) electrons. The Morgan fingerprint density at radius 3 is 1.59 bits per heavy atom. The van der Waals surface area contributed by atoms with Crippen LogP contribution in [0.3, 0.4) is 0 Å². The zero-order chi connectivity index (χ0) is 30.7. The topological polar surface area (TPSA) is 70.2 Å². The summed E-state index contributed by atoms with van der Waals surface area (Å²) in [5.74, 6) is 0. The molecule has 0 aliphatic carbocycles. The van der Waals surface area contributed by atoms with Gasteiger partial charge in [0, 0.05) is 44.8 Å². The Labute approximate surface area is 266 Å². The van der Waals surface area contributed by atoms with E-state index in [0.717, 1.165) is 72.6 Å². The van der Waals surface area contributed by atoms with Crippen molar-refractivity contribution in [2.24, 2.45) is 0 Å². The Kier molecular flexibility index (Phi) is 7.09. The van der Waals surface area contributed by atoms with Gasteiger partial charge in [0.25, 0.3) is 0 Å². The van der Waals surface area contributed by atoms with Crippen molar-refractivity contribution in [1.29, 1.82) is 0 Å². The second kappa shape index (κ2) is 12.0. The molecule has 8 bridgehead atoms. The van der Waals surface area contributed by atoms with Crippen LogP contribution in [0.2, 0.25) is 0 Å². The summed E-state index contributed by atoms with van der Waals surface area (Å²) in [6.07, 6.45) is 5.90. The normalized spacial score (nSPS) is 12.2. The van der Waals surface area contributed by atoms with Gasteiger partial charge >= 0.3 is 0 Å². The number of hydrogen-bond acceptors (Lipinski definition) is 3. The number of fused-ring (bicyclic) bond motifs is 9. The van der Waals surface area contributed by atoms with Crippen molar-refractivity contribution < 1.29 is 0 Å². The third kappa shape index (κ3) is 5.65. The quantitative estimate of drug-likeness (QED) is 0.210. The molecule has 2 aliphatic rings. The molecule has 218 valence electrons. The van der Waals surface area contributed by atoms with Gasteiger partial charge in [-0.3, -0.25) is 4.98 Å². The van der Waals surface area contributed by atoms with E-state index in [1.165, 1.54) is 5.39 Å². The molecule has 2 N–H and O–H groups in total. The summed E-state index contributed by atoms with van der Waals surface area (Å²) in [5, 5.41) is 1.20. The van der Waals surface area contributed by atoms with Crippen molar-refractivity contribution in [2.75, 3.05) is 0 Å². The Morgan fingerprint density at radius 1 is 0.413 bits per heavy atom. The predicted molar refractivity (Wildman–Crippen MR) is 190 cm³/mol. The van der Waals surface area contributed by atoms with Gasteiger partial charge in [0.2, 0.25) is 0 Å². The molecule has 6 heterocycles. The summed E-state index contributed by atoms with van der Waals surface area (Å²) in [6, 6.07) is 49.8. The van der Waals surface area contributed by atoms with Crippen LogP contribution < -0.4 is 0 Å². The van der Waals surface area contributed by atoms with E-state index in [1.54, 1.807) is 0 Å². The largest absolute Gasteiger partial charge is 0.355 e. The summed E-state index contributed by atoms with van der Waals surface area (Å²) in [6.45, 7) is 0. The number of hydrogen-bond donors (Lipinski definition) is 2. The minimum atomic E-state index is 0.884. The maximum atomic E-state index is 5.17. The summed E-state index contributed by atoms with van der Waals surface area (Å²) >= 11 is 0. The molecule has 7 aromatic rings. The number of aromatic nitrogens is 5. The summed E-state index contributed by atoms with van der Waals surface area (Å²) < 4.78 is 0. The molecule has 0 fully saturated rings. The zero-order valence-electron chi connectivity index (χ0n) is 24.9. The first kappa shape index (κ1) is 27.2. The standard InChI is InChI=1S/C32H22N4.C9H7N/c1-3-7-21(8-4-1)31-29-19-27-15-13-25(34-27)17-23-11-12-24(33-23)18-26-14-16-28(35-26)20-30(36-29)32(31)22-9-5-2-6-10-22;1-2-6-9-8(4-1)5-3-7-10-9/h1-20,33-34H;1-7H. The van der Waals surface area contributed by atoms with Gasteiger partial charge in [-0.2, -0.15) is 0 Å². The van der Waals surface area contributed by atoms with Gasteiger partial charge in [-0.05, 0) is 83.9 Å². The lowest BCUT2D eigenvalue weighted by atomic mass is 9.92. The van der Waals surface area contributed by atoms with Gasteiger partial charge < -0.3 is 9.97 Å². The lowest BCUT2D eigenvalue weighted by Crippen LogP contribution is -1.90. The Hall–Kier alpha value is -6.33. The molecule has 46 heavy (non-hydrogen) atoms. The SMILES string of the molecule is C1=Cc2cc3ccc(cc4ccc(cc5nc(cc1n2)C(c1ccccc1)=C5c1ccccc1)[nH]4)[nH]3.c1ccc2ncccc2c1. The molecule has 4 aromatic heterocycles. The van der Waals surface area contributed by atoms with E-state index in [2.05, 4.69) is 124 Å². The molecule has 5 heteroatoms. The van der Waals surface area contributed by atoms with Crippen LogP contribution in [-0.4, -0.2) is 24.9 Å². The molecule has 2 aliphatic heterocycles. The van der Waals surface area contributed by atoms with E-state index in [9.17, 15) is 0 Å². The Bertz CT molecular complexity index is 2350. The van der Waals surface area contributed by atoms with Crippen molar-refractivity contribution >= 4 is 56.3 Å². The van der Waals surface area contributed by atoms with Crippen LogP contribution in [0, 0.1) is 0 Å². The number of pyridine rings is 1. The van der Waals surface area contributed by atoms with Crippen LogP contribution in [0.4, 0.5) is 0 Å². The molecule has 0 amide bonds. The smallest absolute Gasteiger partial charge is 0.0744 e. The van der Waals surface area contributed by atoms with Crippen molar-refractivity contribution in [3.05, 3.63) is 186 Å². The van der Waals surface area contributed by atoms with E-state index in [4.69, 9.17) is 9.97 Å². The van der Waals surface area contributed by atoms with Gasteiger partial charge in [-0.1, -0.05) is 84.9 Å². The fourth-order valence-corrected chi connectivity index (χ4v) is 5.88. The first-order chi connectivity index (χ1) is 22.7. The van der Waals surface area contributed by atoms with E-state index in [0.29, 0.717) is 0 Å². The van der Waals surface area contributed by atoms with E-state index < -0.39 is 0 Å². The zero-order valence-corrected chi connectivity index (χ0v) is 24.9. The number of H-pyrrole nitrogens is 2. The average molecular weight is 592 g/mol. The van der Waals surface area contributed by atoms with Crippen molar-refractivity contribution in [3.63, 3.8) is 0 Å². The van der Waals surface area contributed by atoms with Crippen LogP contribution in [-0.2, 0) is 0 Å². The number of aromatic amines is 2. The number of benzene rings is 3. The monoisotopic (exact) mass is 591 g/mol. The molecule has 5 nitrogen and oxygen atoms in total. The van der Waals surface area contributed by atoms with E-state index in [1.807, 2.05) is 54.7 Å². The fourth-order valence-electron chi connectivity index (χ4n) is 5.88. The maximum Gasteiger partial charge on any atom is 0.0744 e.